The average molecular weight is 377 g/mol. The van der Waals surface area contributed by atoms with Gasteiger partial charge in [-0.2, -0.15) is 5.26 Å². The molecular weight excluding hydrogens is 364 g/mol. The molecule has 1 rings (SSSR count). The first-order valence-corrected chi connectivity index (χ1v) is 7.90. The number of sulfonamides is 1. The fourth-order valence-corrected chi connectivity index (χ4v) is 2.73. The minimum absolute atomic E-state index is 0.00248. The first-order valence-electron chi connectivity index (χ1n) is 5.67. The smallest absolute Gasteiger partial charge is 0.340 e. The first kappa shape index (κ1) is 17.6. The molecule has 0 amide bonds. The first-order chi connectivity index (χ1) is 9.73. The molecule has 0 radical (unpaired) electrons. The number of benzene rings is 1. The number of carbonyl (C=O) groups is 1. The van der Waals surface area contributed by atoms with Crippen LogP contribution in [0.15, 0.2) is 27.6 Å². The van der Waals surface area contributed by atoms with Crippen LogP contribution in [0.5, 0.6) is 0 Å². The van der Waals surface area contributed by atoms with E-state index in [0.29, 0.717) is 8.94 Å². The standard InChI is InChI=1S/C12H13BrN2O5S/c1-8(7-14)20-12(16)10-6-9(4-5-11(10)13)21(17,18)15(2)19-3/h4-6,8H,1-3H3/t8-/m1/s1. The predicted octanol–water partition coefficient (Wildman–Crippen LogP) is 1.70. The summed E-state index contributed by atoms with van der Waals surface area (Å²) in [7, 11) is -1.44. The molecule has 0 saturated carbocycles. The van der Waals surface area contributed by atoms with Crippen molar-refractivity contribution in [3.63, 3.8) is 0 Å². The highest BCUT2D eigenvalue weighted by Crippen LogP contribution is 2.24. The summed E-state index contributed by atoms with van der Waals surface area (Å²) in [5, 5.41) is 8.63. The maximum absolute atomic E-state index is 12.1. The molecule has 1 aromatic rings. The van der Waals surface area contributed by atoms with Crippen LogP contribution in [0, 0.1) is 11.3 Å². The van der Waals surface area contributed by atoms with Crippen molar-refractivity contribution in [1.29, 1.82) is 5.26 Å². The van der Waals surface area contributed by atoms with E-state index in [4.69, 9.17) is 10.00 Å². The van der Waals surface area contributed by atoms with Crippen molar-refractivity contribution in [2.45, 2.75) is 17.9 Å². The molecule has 0 N–H and O–H groups in total. The molecule has 1 atom stereocenters. The number of nitrogens with zero attached hydrogens (tertiary/aromatic N) is 2. The fourth-order valence-electron chi connectivity index (χ4n) is 1.32. The summed E-state index contributed by atoms with van der Waals surface area (Å²) in [6, 6.07) is 5.63. The molecule has 0 aliphatic carbocycles. The van der Waals surface area contributed by atoms with E-state index in [1.54, 1.807) is 6.07 Å². The maximum Gasteiger partial charge on any atom is 0.340 e. The van der Waals surface area contributed by atoms with Gasteiger partial charge in [-0.25, -0.2) is 13.2 Å². The zero-order valence-corrected chi connectivity index (χ0v) is 13.9. The minimum Gasteiger partial charge on any atom is -0.444 e. The van der Waals surface area contributed by atoms with Gasteiger partial charge in [-0.05, 0) is 41.1 Å². The highest BCUT2D eigenvalue weighted by Gasteiger charge is 2.24. The summed E-state index contributed by atoms with van der Waals surface area (Å²) in [4.78, 5) is 16.4. The van der Waals surface area contributed by atoms with E-state index < -0.39 is 22.1 Å². The highest BCUT2D eigenvalue weighted by atomic mass is 79.9. The quantitative estimate of drug-likeness (QED) is 0.572. The van der Waals surface area contributed by atoms with Crippen molar-refractivity contribution >= 4 is 31.9 Å². The van der Waals surface area contributed by atoms with Gasteiger partial charge in [-0.15, -0.1) is 0 Å². The molecule has 114 valence electrons. The zero-order valence-electron chi connectivity index (χ0n) is 11.5. The van der Waals surface area contributed by atoms with Gasteiger partial charge in [0.25, 0.3) is 10.0 Å². The Bertz CT molecular complexity index is 683. The van der Waals surface area contributed by atoms with Gasteiger partial charge in [0.2, 0.25) is 0 Å². The molecule has 0 aromatic heterocycles. The number of ether oxygens (including phenoxy) is 1. The second-order valence-corrected chi connectivity index (χ2v) is 6.71. The summed E-state index contributed by atoms with van der Waals surface area (Å²) in [6.07, 6.45) is -0.939. The van der Waals surface area contributed by atoms with Gasteiger partial charge in [-0.3, -0.25) is 4.84 Å². The number of halogens is 1. The Morgan fingerprint density at radius 2 is 2.10 bits per heavy atom. The van der Waals surface area contributed by atoms with Crippen LogP contribution >= 0.6 is 15.9 Å². The van der Waals surface area contributed by atoms with Gasteiger partial charge in [0.1, 0.15) is 6.07 Å². The molecule has 0 unspecified atom stereocenters. The molecule has 0 heterocycles. The molecule has 0 saturated heterocycles. The Hall–Kier alpha value is -1.47. The normalized spacial score (nSPS) is 12.8. The van der Waals surface area contributed by atoms with Gasteiger partial charge in [0.05, 0.1) is 17.6 Å². The van der Waals surface area contributed by atoms with Crippen LogP contribution in [0.25, 0.3) is 0 Å². The third-order valence-corrected chi connectivity index (χ3v) is 4.88. The zero-order chi connectivity index (χ0) is 16.2. The van der Waals surface area contributed by atoms with Gasteiger partial charge < -0.3 is 4.74 Å². The number of esters is 1. The Kier molecular flexibility index (Phi) is 5.86. The number of hydrogen-bond donors (Lipinski definition) is 0. The van der Waals surface area contributed by atoms with Crippen LogP contribution < -0.4 is 0 Å². The largest absolute Gasteiger partial charge is 0.444 e. The van der Waals surface area contributed by atoms with Crippen LogP contribution in [0.2, 0.25) is 0 Å². The predicted molar refractivity (Wildman–Crippen MR) is 76.6 cm³/mol. The molecular formula is C12H13BrN2O5S. The van der Waals surface area contributed by atoms with E-state index in [2.05, 4.69) is 20.8 Å². The molecule has 0 aliphatic rings. The summed E-state index contributed by atoms with van der Waals surface area (Å²) < 4.78 is 30.1. The molecule has 1 aromatic carbocycles. The van der Waals surface area contributed by atoms with Gasteiger partial charge in [0.15, 0.2) is 6.10 Å². The number of rotatable bonds is 5. The summed E-state index contributed by atoms with van der Waals surface area (Å²) >= 11 is 3.14. The fraction of sp³-hybridized carbons (Fsp3) is 0.333. The molecule has 0 spiro atoms. The van der Waals surface area contributed by atoms with E-state index in [1.807, 2.05) is 0 Å². The molecule has 0 aliphatic heterocycles. The Morgan fingerprint density at radius 3 is 2.62 bits per heavy atom. The van der Waals surface area contributed by atoms with E-state index in [9.17, 15) is 13.2 Å². The van der Waals surface area contributed by atoms with Crippen LogP contribution in [-0.2, 0) is 19.6 Å². The lowest BCUT2D eigenvalue weighted by molar-refractivity contribution is -0.0258. The topological polar surface area (TPSA) is 96.7 Å². The van der Waals surface area contributed by atoms with Crippen LogP contribution in [0.1, 0.15) is 17.3 Å². The Labute approximate surface area is 131 Å². The van der Waals surface area contributed by atoms with Gasteiger partial charge >= 0.3 is 5.97 Å². The lowest BCUT2D eigenvalue weighted by Gasteiger charge is -2.15. The number of nitriles is 1. The van der Waals surface area contributed by atoms with Gasteiger partial charge in [-0.1, -0.05) is 4.47 Å². The summed E-state index contributed by atoms with van der Waals surface area (Å²) in [5.41, 5.74) is 0.00248. The maximum atomic E-state index is 12.1. The van der Waals surface area contributed by atoms with E-state index in [-0.39, 0.29) is 10.5 Å². The van der Waals surface area contributed by atoms with Crippen LogP contribution in [-0.4, -0.2) is 39.1 Å². The van der Waals surface area contributed by atoms with Crippen molar-refractivity contribution in [2.75, 3.05) is 14.2 Å². The number of carbonyl (C=O) groups excluding carboxylic acids is 1. The lowest BCUT2D eigenvalue weighted by atomic mass is 10.2. The van der Waals surface area contributed by atoms with Crippen LogP contribution in [0.4, 0.5) is 0 Å². The molecule has 0 bridgehead atoms. The molecule has 9 heteroatoms. The minimum atomic E-state index is -3.88. The third kappa shape index (κ3) is 4.01. The summed E-state index contributed by atoms with van der Waals surface area (Å²) in [5.74, 6) is -0.798. The van der Waals surface area contributed by atoms with E-state index >= 15 is 0 Å². The number of hydroxylamine groups is 1. The molecule has 21 heavy (non-hydrogen) atoms. The van der Waals surface area contributed by atoms with Crippen molar-refractivity contribution in [3.8, 4) is 6.07 Å². The lowest BCUT2D eigenvalue weighted by Crippen LogP contribution is -2.26. The second-order valence-electron chi connectivity index (χ2n) is 3.92. The Balaban J connectivity index is 3.24. The van der Waals surface area contributed by atoms with Crippen LogP contribution in [0.3, 0.4) is 0 Å². The van der Waals surface area contributed by atoms with Crippen molar-refractivity contribution < 1.29 is 22.8 Å². The van der Waals surface area contributed by atoms with Crippen molar-refractivity contribution in [2.24, 2.45) is 0 Å². The summed E-state index contributed by atoms with van der Waals surface area (Å²) in [6.45, 7) is 1.41. The van der Waals surface area contributed by atoms with E-state index in [1.165, 1.54) is 33.2 Å². The van der Waals surface area contributed by atoms with Crippen molar-refractivity contribution in [1.82, 2.24) is 4.47 Å². The SMILES string of the molecule is CON(C)S(=O)(=O)c1ccc(Br)c(C(=O)O[C@H](C)C#N)c1. The average Bonchev–Trinajstić information content (AvgIpc) is 2.46. The Morgan fingerprint density at radius 1 is 1.48 bits per heavy atom. The number of hydrogen-bond acceptors (Lipinski definition) is 6. The van der Waals surface area contributed by atoms with E-state index in [0.717, 1.165) is 6.07 Å². The monoisotopic (exact) mass is 376 g/mol. The third-order valence-electron chi connectivity index (χ3n) is 2.52. The van der Waals surface area contributed by atoms with Gasteiger partial charge in [0, 0.05) is 11.5 Å². The highest BCUT2D eigenvalue weighted by molar-refractivity contribution is 9.10. The molecule has 7 nitrogen and oxygen atoms in total. The van der Waals surface area contributed by atoms with Crippen molar-refractivity contribution in [3.05, 3.63) is 28.2 Å². The second kappa shape index (κ2) is 7.00. The molecule has 0 fully saturated rings.